The van der Waals surface area contributed by atoms with Gasteiger partial charge < -0.3 is 4.74 Å². The van der Waals surface area contributed by atoms with E-state index in [4.69, 9.17) is 4.74 Å². The second kappa shape index (κ2) is 9.45. The third-order valence-electron chi connectivity index (χ3n) is 5.33. The number of ether oxygens (including phenoxy) is 1. The number of halogens is 1. The lowest BCUT2D eigenvalue weighted by Crippen LogP contribution is -2.49. The zero-order valence-electron chi connectivity index (χ0n) is 16.6. The summed E-state index contributed by atoms with van der Waals surface area (Å²) >= 11 is 3.54. The molecule has 1 N–H and O–H groups in total. The molecule has 4 rings (SSSR count). The molecule has 7 heteroatoms. The molecule has 2 aliphatic rings. The molecule has 1 fully saturated rings. The Morgan fingerprint density at radius 3 is 2.57 bits per heavy atom. The van der Waals surface area contributed by atoms with Crippen LogP contribution in [-0.4, -0.2) is 43.1 Å². The van der Waals surface area contributed by atoms with Crippen molar-refractivity contribution in [2.75, 3.05) is 31.1 Å². The van der Waals surface area contributed by atoms with Crippen LogP contribution in [0, 0.1) is 0 Å². The first-order valence-electron chi connectivity index (χ1n) is 10.1. The lowest BCUT2D eigenvalue weighted by molar-refractivity contribution is -0.120. The van der Waals surface area contributed by atoms with Crippen LogP contribution in [0.1, 0.15) is 18.4 Å². The molecular formula is C23H24BrN3O3. The largest absolute Gasteiger partial charge is 0.486 e. The molecule has 0 radical (unpaired) electrons. The number of nitrogens with zero attached hydrogens (tertiary/aromatic N) is 2. The second-order valence-corrected chi connectivity index (χ2v) is 8.32. The summed E-state index contributed by atoms with van der Waals surface area (Å²) in [5, 5.41) is 2.37. The van der Waals surface area contributed by atoms with E-state index in [0.29, 0.717) is 24.6 Å². The molecule has 0 atom stereocenters. The summed E-state index contributed by atoms with van der Waals surface area (Å²) in [6.45, 7) is 3.65. The van der Waals surface area contributed by atoms with Crippen molar-refractivity contribution in [1.29, 1.82) is 0 Å². The number of hydrogen-bond acceptors (Lipinski definition) is 4. The second-order valence-electron chi connectivity index (χ2n) is 7.46. The van der Waals surface area contributed by atoms with Crippen LogP contribution >= 0.6 is 15.9 Å². The van der Waals surface area contributed by atoms with Gasteiger partial charge in [0.2, 0.25) is 5.91 Å². The third-order valence-corrected chi connectivity index (χ3v) is 5.95. The van der Waals surface area contributed by atoms with E-state index in [1.54, 1.807) is 4.90 Å². The summed E-state index contributed by atoms with van der Waals surface area (Å²) < 4.78 is 6.93. The summed E-state index contributed by atoms with van der Waals surface area (Å²) in [6, 6.07) is 15.7. The lowest BCUT2D eigenvalue weighted by atomic mass is 10.1. The average Bonchev–Trinajstić information content (AvgIpc) is 2.75. The average molecular weight is 470 g/mol. The van der Waals surface area contributed by atoms with Gasteiger partial charge in [0.25, 0.3) is 0 Å². The minimum Gasteiger partial charge on any atom is -0.486 e. The van der Waals surface area contributed by atoms with Crippen molar-refractivity contribution in [3.05, 3.63) is 70.2 Å². The van der Waals surface area contributed by atoms with E-state index < -0.39 is 6.03 Å². The Kier molecular flexibility index (Phi) is 6.50. The van der Waals surface area contributed by atoms with Gasteiger partial charge in [-0.1, -0.05) is 42.5 Å². The zero-order valence-corrected chi connectivity index (χ0v) is 18.2. The van der Waals surface area contributed by atoms with Crippen molar-refractivity contribution < 1.29 is 14.3 Å². The number of benzene rings is 2. The van der Waals surface area contributed by atoms with Gasteiger partial charge in [0, 0.05) is 32.6 Å². The first kappa shape index (κ1) is 20.6. The number of carbonyl (C=O) groups excluding carboxylic acids is 2. The molecule has 6 nitrogen and oxygen atoms in total. The van der Waals surface area contributed by atoms with Crippen LogP contribution in [0.3, 0.4) is 0 Å². The van der Waals surface area contributed by atoms with E-state index in [2.05, 4.69) is 56.5 Å². The predicted octanol–water partition coefficient (Wildman–Crippen LogP) is 4.11. The van der Waals surface area contributed by atoms with Gasteiger partial charge in [0.15, 0.2) is 5.75 Å². The standard InChI is InChI=1S/C23H24BrN3O3/c24-19-7-4-8-20(27-14-11-21(28)25-23(27)29)22(19)30-16-18-9-12-26(13-10-18)15-17-5-2-1-3-6-17/h1-9H,10-16H2,(H,25,28,29). The van der Waals surface area contributed by atoms with Crippen LogP contribution in [0.4, 0.5) is 10.5 Å². The molecule has 0 aliphatic carbocycles. The summed E-state index contributed by atoms with van der Waals surface area (Å²) in [5.74, 6) is 0.371. The van der Waals surface area contributed by atoms with E-state index in [-0.39, 0.29) is 12.3 Å². The molecule has 0 aromatic heterocycles. The number of amides is 3. The van der Waals surface area contributed by atoms with Crippen LogP contribution in [0.2, 0.25) is 0 Å². The molecule has 0 unspecified atom stereocenters. The lowest BCUT2D eigenvalue weighted by Gasteiger charge is -2.29. The van der Waals surface area contributed by atoms with Crippen LogP contribution < -0.4 is 15.0 Å². The molecule has 2 aromatic carbocycles. The van der Waals surface area contributed by atoms with Gasteiger partial charge in [0.05, 0.1) is 10.2 Å². The van der Waals surface area contributed by atoms with E-state index >= 15 is 0 Å². The van der Waals surface area contributed by atoms with Crippen molar-refractivity contribution in [2.45, 2.75) is 19.4 Å². The van der Waals surface area contributed by atoms with Gasteiger partial charge in [-0.3, -0.25) is 19.9 Å². The van der Waals surface area contributed by atoms with Gasteiger partial charge in [0.1, 0.15) is 6.61 Å². The van der Waals surface area contributed by atoms with Crippen LogP contribution in [0.15, 0.2) is 64.7 Å². The first-order valence-corrected chi connectivity index (χ1v) is 10.9. The first-order chi connectivity index (χ1) is 14.6. The molecule has 2 aromatic rings. The summed E-state index contributed by atoms with van der Waals surface area (Å²) in [5.41, 5.74) is 3.23. The van der Waals surface area contributed by atoms with E-state index in [1.807, 2.05) is 24.3 Å². The summed E-state index contributed by atoms with van der Waals surface area (Å²) in [6.07, 6.45) is 3.46. The number of hydrogen-bond donors (Lipinski definition) is 1. The van der Waals surface area contributed by atoms with Crippen molar-refractivity contribution in [2.24, 2.45) is 0 Å². The molecule has 30 heavy (non-hydrogen) atoms. The molecular weight excluding hydrogens is 446 g/mol. The molecule has 0 spiro atoms. The van der Waals surface area contributed by atoms with Gasteiger partial charge in [-0.2, -0.15) is 0 Å². The Morgan fingerprint density at radius 1 is 1.00 bits per heavy atom. The summed E-state index contributed by atoms with van der Waals surface area (Å²) in [4.78, 5) is 27.7. The SMILES string of the molecule is O=C1CCN(c2cccc(Br)c2OCC2=CCN(Cc3ccccc3)CC2)C(=O)N1. The van der Waals surface area contributed by atoms with Crippen molar-refractivity contribution in [3.63, 3.8) is 0 Å². The third kappa shape index (κ3) is 4.91. The highest BCUT2D eigenvalue weighted by Gasteiger charge is 2.27. The Morgan fingerprint density at radius 2 is 1.83 bits per heavy atom. The number of rotatable bonds is 6. The monoisotopic (exact) mass is 469 g/mol. The number of anilines is 1. The fourth-order valence-electron chi connectivity index (χ4n) is 3.68. The number of imide groups is 1. The number of nitrogens with one attached hydrogen (secondary N) is 1. The van der Waals surface area contributed by atoms with Gasteiger partial charge in [-0.15, -0.1) is 0 Å². The highest BCUT2D eigenvalue weighted by molar-refractivity contribution is 9.10. The van der Waals surface area contributed by atoms with Gasteiger partial charge in [-0.25, -0.2) is 4.79 Å². The van der Waals surface area contributed by atoms with E-state index in [0.717, 1.165) is 30.5 Å². The van der Waals surface area contributed by atoms with E-state index in [1.165, 1.54) is 11.1 Å². The molecule has 1 saturated heterocycles. The van der Waals surface area contributed by atoms with Crippen LogP contribution in [0.5, 0.6) is 5.75 Å². The Balaban J connectivity index is 1.39. The van der Waals surface area contributed by atoms with Gasteiger partial charge in [-0.05, 0) is 45.6 Å². The van der Waals surface area contributed by atoms with Crippen molar-refractivity contribution >= 4 is 33.6 Å². The van der Waals surface area contributed by atoms with Crippen LogP contribution in [0.25, 0.3) is 0 Å². The van der Waals surface area contributed by atoms with Crippen molar-refractivity contribution in [1.82, 2.24) is 10.2 Å². The van der Waals surface area contributed by atoms with Crippen LogP contribution in [-0.2, 0) is 11.3 Å². The number of urea groups is 1. The smallest absolute Gasteiger partial charge is 0.328 e. The van der Waals surface area contributed by atoms with Gasteiger partial charge >= 0.3 is 6.03 Å². The maximum atomic E-state index is 12.3. The topological polar surface area (TPSA) is 61.9 Å². The number of carbonyl (C=O) groups is 2. The minimum absolute atomic E-state index is 0.249. The predicted molar refractivity (Wildman–Crippen MR) is 120 cm³/mol. The maximum absolute atomic E-state index is 12.3. The molecule has 0 saturated carbocycles. The fraction of sp³-hybridized carbons (Fsp3) is 0.304. The highest BCUT2D eigenvalue weighted by Crippen LogP contribution is 2.37. The maximum Gasteiger partial charge on any atom is 0.328 e. The normalized spacial score (nSPS) is 17.5. The molecule has 2 heterocycles. The van der Waals surface area contributed by atoms with Crippen molar-refractivity contribution in [3.8, 4) is 5.75 Å². The highest BCUT2D eigenvalue weighted by atomic mass is 79.9. The quantitative estimate of drug-likeness (QED) is 0.646. The molecule has 0 bridgehead atoms. The zero-order chi connectivity index (χ0) is 20.9. The minimum atomic E-state index is -0.414. The summed E-state index contributed by atoms with van der Waals surface area (Å²) in [7, 11) is 0. The number of para-hydroxylation sites is 1. The van der Waals surface area contributed by atoms with E-state index in [9.17, 15) is 9.59 Å². The Hall–Kier alpha value is -2.64. The fourth-order valence-corrected chi connectivity index (χ4v) is 4.15. The molecule has 156 valence electrons. The molecule has 2 aliphatic heterocycles. The molecule has 3 amide bonds. The Labute approximate surface area is 184 Å². The Bertz CT molecular complexity index is 961.